The van der Waals surface area contributed by atoms with Gasteiger partial charge in [-0.05, 0) is 214 Å². The number of furan rings is 2. The Morgan fingerprint density at radius 3 is 1.44 bits per heavy atom. The number of hydrogen-bond acceptors (Lipinski definition) is 10. The fraction of sp³-hybridized carbons (Fsp3) is 0.178. The van der Waals surface area contributed by atoms with Crippen LogP contribution in [0.5, 0.6) is 0 Å². The summed E-state index contributed by atoms with van der Waals surface area (Å²) in [7, 11) is 0. The van der Waals surface area contributed by atoms with Crippen LogP contribution in [0.3, 0.4) is 0 Å². The SMILES string of the molecule is CC(C)N1C(=O)C2=CC=C3C4=c5c6c(ccc5=C5C=CC(=C2C35)C1=O)C(=O)N(C(C)C)C(=O)C6C=C4c1ccc(-c2c3oc4ccccc4c3c(-c3ccc(C4=CC5=C6C(=CC=C7C8=c9c%10c(ccc9=C4C76)C(=O)N(C(C)C)C(=O)C%10C=C8)C(=O)N(C(C)C)C5=O)cc3)c3oc4ccccc4c23)cc1. The average molecular weight is 1360 g/mol. The lowest BCUT2D eigenvalue weighted by atomic mass is 9.62. The lowest BCUT2D eigenvalue weighted by Crippen LogP contribution is -2.54. The van der Waals surface area contributed by atoms with E-state index in [9.17, 15) is 28.8 Å². The first-order valence-electron chi connectivity index (χ1n) is 35.8. The second-order valence-corrected chi connectivity index (χ2v) is 30.1. The van der Waals surface area contributed by atoms with Gasteiger partial charge in [-0.3, -0.25) is 58.0 Å². The molecule has 4 atom stereocenters. The molecule has 0 bridgehead atoms. The number of fused-ring (bicyclic) bond motifs is 8. The number of para-hydroxylation sites is 2. The zero-order valence-electron chi connectivity index (χ0n) is 57.8. The van der Waals surface area contributed by atoms with E-state index in [4.69, 9.17) is 8.83 Å². The highest BCUT2D eigenvalue weighted by Gasteiger charge is 2.52. The monoisotopic (exact) mass is 1360 g/mol. The molecule has 8 amide bonds. The average Bonchev–Trinajstić information content (AvgIpc) is 0.879. The van der Waals surface area contributed by atoms with E-state index in [1.54, 1.807) is 0 Å². The lowest BCUT2D eigenvalue weighted by molar-refractivity contribution is -0.144. The molecule has 0 saturated carbocycles. The zero-order chi connectivity index (χ0) is 71.0. The van der Waals surface area contributed by atoms with Gasteiger partial charge in [0.05, 0.1) is 11.8 Å². The maximum Gasteiger partial charge on any atom is 0.261 e. The minimum absolute atomic E-state index is 0.271. The van der Waals surface area contributed by atoms with Crippen molar-refractivity contribution in [1.82, 2.24) is 19.6 Å². The minimum atomic E-state index is -0.798. The Labute approximate surface area is 594 Å². The second kappa shape index (κ2) is 20.7. The molecule has 0 N–H and O–H groups in total. The van der Waals surface area contributed by atoms with Gasteiger partial charge in [0.25, 0.3) is 35.4 Å². The highest BCUT2D eigenvalue weighted by atomic mass is 16.3. The summed E-state index contributed by atoms with van der Waals surface area (Å²) in [5.74, 6) is -5.14. The molecule has 14 heteroatoms. The van der Waals surface area contributed by atoms with Crippen molar-refractivity contribution >= 4 is 125 Å². The summed E-state index contributed by atoms with van der Waals surface area (Å²) in [5.41, 5.74) is 19.8. The molecule has 8 aliphatic carbocycles. The molecule has 2 aromatic heterocycles. The fourth-order valence-electron chi connectivity index (χ4n) is 19.4. The van der Waals surface area contributed by atoms with Gasteiger partial charge in [-0.1, -0.05) is 134 Å². The first-order valence-corrected chi connectivity index (χ1v) is 35.8. The van der Waals surface area contributed by atoms with Crippen LogP contribution in [0, 0.1) is 11.8 Å². The largest absolute Gasteiger partial charge is 0.455 e. The standard InChI is InChI=1S/C90H62N4O10/c1-39(2)91-83(95)55-31-25-47-49-27-33-59-75-63(89(101)93(41(5)6)87(59)99)37-61(71(77(49)75)53-29-35-57(85(91)97)73(55)69(47)53)43-17-21-45(22-18-43)67-79-51-13-9-11-15-65(51)104-82(79)68(80-52-14-10-12-16-66(52)103-81(67)80)46-23-19-44(20-24-46)62-38-64-76-60(88(100)94(42(7)8)90(64)102)34-28-50-48-26-32-56-74-58(86(98)92(40(3)4)84(56)96)36-30-54(70(48)74)72(62)78(50)76/h9-42,55,64,70,77H,1-8H3. The number of nitrogens with zero attached hydrogens (tertiary/aromatic N) is 4. The summed E-state index contributed by atoms with van der Waals surface area (Å²) in [5, 5.41) is 6.70. The molecule has 0 spiro atoms. The highest BCUT2D eigenvalue weighted by molar-refractivity contribution is 6.31. The quantitative estimate of drug-likeness (QED) is 0.133. The normalized spacial score (nSPS) is 21.6. The molecular formula is C90H62N4O10. The van der Waals surface area contributed by atoms with Gasteiger partial charge >= 0.3 is 0 Å². The van der Waals surface area contributed by atoms with Crippen LogP contribution in [0.1, 0.15) is 110 Å². The van der Waals surface area contributed by atoms with Crippen molar-refractivity contribution in [2.24, 2.45) is 11.8 Å². The fourth-order valence-corrected chi connectivity index (χ4v) is 19.4. The molecule has 9 aromatic rings. The van der Waals surface area contributed by atoms with Crippen LogP contribution in [0.2, 0.25) is 0 Å². The Bertz CT molecular complexity index is 6540. The van der Waals surface area contributed by atoms with Gasteiger partial charge in [0.15, 0.2) is 0 Å². The van der Waals surface area contributed by atoms with Gasteiger partial charge in [-0.15, -0.1) is 0 Å². The van der Waals surface area contributed by atoms with Gasteiger partial charge in [-0.25, -0.2) is 0 Å². The maximum atomic E-state index is 15.1. The Balaban J connectivity index is 0.753. The molecule has 0 saturated heterocycles. The van der Waals surface area contributed by atoms with E-state index in [1.165, 1.54) is 19.6 Å². The molecule has 4 unspecified atom stereocenters. The van der Waals surface area contributed by atoms with Crippen molar-refractivity contribution < 1.29 is 47.2 Å². The van der Waals surface area contributed by atoms with E-state index in [0.29, 0.717) is 78.0 Å². The number of imide groups is 4. The zero-order valence-corrected chi connectivity index (χ0v) is 57.8. The van der Waals surface area contributed by atoms with Gasteiger partial charge in [0.2, 0.25) is 11.8 Å². The predicted molar refractivity (Wildman–Crippen MR) is 397 cm³/mol. The van der Waals surface area contributed by atoms with Gasteiger partial charge < -0.3 is 8.83 Å². The Hall–Kier alpha value is -12.4. The molecule has 21 rings (SSSR count). The second-order valence-electron chi connectivity index (χ2n) is 30.1. The van der Waals surface area contributed by atoms with Crippen molar-refractivity contribution in [2.75, 3.05) is 0 Å². The Morgan fingerprint density at radius 2 is 0.875 bits per heavy atom. The molecule has 7 aromatic carbocycles. The topological polar surface area (TPSA) is 176 Å². The molecule has 12 aliphatic rings. The highest BCUT2D eigenvalue weighted by Crippen LogP contribution is 2.57. The number of carbonyl (C=O) groups is 8. The summed E-state index contributed by atoms with van der Waals surface area (Å²) in [6.45, 7) is 14.8. The number of carbonyl (C=O) groups excluding carboxylic acids is 8. The van der Waals surface area contributed by atoms with E-state index >= 15 is 9.59 Å². The van der Waals surface area contributed by atoms with Crippen LogP contribution in [0.15, 0.2) is 236 Å². The van der Waals surface area contributed by atoms with Crippen molar-refractivity contribution in [1.29, 1.82) is 0 Å². The predicted octanol–water partition coefficient (Wildman–Crippen LogP) is 12.8. The molecule has 6 heterocycles. The summed E-state index contributed by atoms with van der Waals surface area (Å²) in [6.07, 6.45) is 19.3. The van der Waals surface area contributed by atoms with Crippen LogP contribution in [0.4, 0.5) is 0 Å². The third-order valence-corrected chi connectivity index (χ3v) is 23.6. The first-order chi connectivity index (χ1) is 50.3. The van der Waals surface area contributed by atoms with Crippen molar-refractivity contribution in [2.45, 2.75) is 91.4 Å². The number of amides is 8. The lowest BCUT2D eigenvalue weighted by Gasteiger charge is -2.44. The summed E-state index contributed by atoms with van der Waals surface area (Å²) in [6, 6.07) is 38.8. The first kappa shape index (κ1) is 60.4. The van der Waals surface area contributed by atoms with E-state index in [0.717, 1.165) is 120 Å². The molecule has 4 aliphatic heterocycles. The van der Waals surface area contributed by atoms with Gasteiger partial charge in [0.1, 0.15) is 22.3 Å². The molecule has 14 nitrogen and oxygen atoms in total. The van der Waals surface area contributed by atoms with E-state index < -0.39 is 35.8 Å². The number of allylic oxidation sites excluding steroid dienone is 10. The third kappa shape index (κ3) is 7.43. The third-order valence-electron chi connectivity index (χ3n) is 23.6. The van der Waals surface area contributed by atoms with Crippen molar-refractivity contribution in [3.63, 3.8) is 0 Å². The molecule has 104 heavy (non-hydrogen) atoms. The van der Waals surface area contributed by atoms with E-state index in [1.807, 2.05) is 177 Å². The summed E-state index contributed by atoms with van der Waals surface area (Å²) in [4.78, 5) is 122. The van der Waals surface area contributed by atoms with Crippen LogP contribution < -0.4 is 20.9 Å². The summed E-state index contributed by atoms with van der Waals surface area (Å²) < 4.78 is 14.4. The van der Waals surface area contributed by atoms with E-state index in [2.05, 4.69) is 60.7 Å². The van der Waals surface area contributed by atoms with Crippen LogP contribution >= 0.6 is 0 Å². The van der Waals surface area contributed by atoms with E-state index in [-0.39, 0.29) is 59.3 Å². The van der Waals surface area contributed by atoms with Gasteiger partial charge in [0, 0.05) is 102 Å². The number of hydrogen-bond donors (Lipinski definition) is 0. The molecule has 0 radical (unpaired) electrons. The molecule has 0 fully saturated rings. The maximum absolute atomic E-state index is 15.1. The van der Waals surface area contributed by atoms with Crippen molar-refractivity contribution in [3.05, 3.63) is 281 Å². The number of benzene rings is 7. The smallest absolute Gasteiger partial charge is 0.261 e. The molecule has 502 valence electrons. The molecular weight excluding hydrogens is 1300 g/mol. The minimum Gasteiger partial charge on any atom is -0.455 e. The Kier molecular flexibility index (Phi) is 12.0. The number of rotatable bonds is 8. The van der Waals surface area contributed by atoms with Crippen LogP contribution in [-0.4, -0.2) is 91.0 Å². The summed E-state index contributed by atoms with van der Waals surface area (Å²) >= 11 is 0. The van der Waals surface area contributed by atoms with Crippen LogP contribution in [0.25, 0.3) is 99.6 Å². The van der Waals surface area contributed by atoms with Crippen LogP contribution in [-0.2, 0) is 28.8 Å². The Morgan fingerprint density at radius 1 is 0.385 bits per heavy atom. The van der Waals surface area contributed by atoms with Gasteiger partial charge in [-0.2, -0.15) is 0 Å². The van der Waals surface area contributed by atoms with Crippen molar-refractivity contribution in [3.8, 4) is 22.3 Å².